The first-order valence-corrected chi connectivity index (χ1v) is 2.25. The van der Waals surface area contributed by atoms with E-state index in [1.165, 1.54) is 0 Å². The normalized spacial score (nSPS) is 21.0. The molecule has 6 heavy (non-hydrogen) atoms. The Balaban J connectivity index is 2.37. The highest BCUT2D eigenvalue weighted by atomic mass is 16.1. The second-order valence-corrected chi connectivity index (χ2v) is 1.56. The van der Waals surface area contributed by atoms with Gasteiger partial charge in [0.25, 0.3) is 0 Å². The number of rotatable bonds is 0. The van der Waals surface area contributed by atoms with E-state index in [9.17, 15) is 4.79 Å². The maximum absolute atomic E-state index is 10.2. The van der Waals surface area contributed by atoms with Crippen molar-refractivity contribution in [3.05, 3.63) is 0 Å². The molecule has 1 heterocycles. The summed E-state index contributed by atoms with van der Waals surface area (Å²) in [6.45, 7) is 0. The Kier molecular flexibility index (Phi) is 0.949. The van der Waals surface area contributed by atoms with Crippen molar-refractivity contribution in [2.24, 2.45) is 0 Å². The number of carbonyl (C=O) groups is 1. The van der Waals surface area contributed by atoms with Crippen molar-refractivity contribution in [3.8, 4) is 0 Å². The minimum Gasteiger partial charge on any atom is -0.312 e. The Bertz CT molecular complexity index is 61.9. The van der Waals surface area contributed by atoms with Gasteiger partial charge in [0.2, 0.25) is 7.28 Å². The molecule has 1 saturated heterocycles. The average Bonchev–Trinajstić information content (AvgIpc) is 1.86. The molecule has 1 radical (unpaired) electrons. The molecule has 0 saturated carbocycles. The molecule has 0 aliphatic carbocycles. The zero-order valence-electron chi connectivity index (χ0n) is 3.61. The molecule has 0 amide bonds. The maximum Gasteiger partial charge on any atom is 0.202 e. The van der Waals surface area contributed by atoms with Crippen LogP contribution in [0.3, 0.4) is 0 Å². The fourth-order valence-corrected chi connectivity index (χ4v) is 0.641. The van der Waals surface area contributed by atoms with Crippen LogP contribution >= 0.6 is 0 Å². The van der Waals surface area contributed by atoms with Gasteiger partial charge in [-0.3, -0.25) is 0 Å². The molecule has 0 N–H and O–H groups in total. The first-order chi connectivity index (χ1) is 2.89. The molecule has 0 aromatic carbocycles. The van der Waals surface area contributed by atoms with Crippen LogP contribution in [-0.4, -0.2) is 13.0 Å². The summed E-state index contributed by atoms with van der Waals surface area (Å²) in [5.74, 6) is 0. The lowest BCUT2D eigenvalue weighted by atomic mass is 9.76. The highest BCUT2D eigenvalue weighted by Crippen LogP contribution is 2.04. The fraction of sp³-hybridized carbons (Fsp3) is 0.750. The Labute approximate surface area is 38.0 Å². The van der Waals surface area contributed by atoms with Crippen LogP contribution in [0, 0.1) is 0 Å². The van der Waals surface area contributed by atoms with Gasteiger partial charge in [-0.25, -0.2) is 0 Å². The summed E-state index contributed by atoms with van der Waals surface area (Å²) in [5, 5.41) is 0. The minimum absolute atomic E-state index is 0.329. The Hall–Kier alpha value is -0.265. The highest BCUT2D eigenvalue weighted by molar-refractivity contribution is 6.75. The number of hydrogen-bond acceptors (Lipinski definition) is 1. The summed E-state index contributed by atoms with van der Waals surface area (Å²) >= 11 is 0. The van der Waals surface area contributed by atoms with Crippen molar-refractivity contribution in [2.75, 3.05) is 0 Å². The smallest absolute Gasteiger partial charge is 0.202 e. The quantitative estimate of drug-likeness (QED) is 0.386. The molecular formula is C4H6BO. The Morgan fingerprint density at radius 2 is 2.50 bits per heavy atom. The molecule has 0 spiro atoms. The van der Waals surface area contributed by atoms with Crippen LogP contribution in [0.25, 0.3) is 0 Å². The first-order valence-electron chi connectivity index (χ1n) is 2.25. The van der Waals surface area contributed by atoms with Gasteiger partial charge in [0.15, 0.2) is 0 Å². The Morgan fingerprint density at radius 3 is 2.67 bits per heavy atom. The molecule has 1 nitrogen and oxygen atoms in total. The summed E-state index contributed by atoms with van der Waals surface area (Å²) in [6, 6.07) is 0. The number of carbonyl (C=O) groups excluding carboxylic acids is 1. The lowest BCUT2D eigenvalue weighted by Crippen LogP contribution is -1.95. The SMILES string of the molecule is O=C1[B]CCC1. The molecule has 1 fully saturated rings. The molecule has 0 bridgehead atoms. The van der Waals surface area contributed by atoms with Crippen molar-refractivity contribution < 1.29 is 4.79 Å². The van der Waals surface area contributed by atoms with Crippen LogP contribution in [0.1, 0.15) is 12.8 Å². The first kappa shape index (κ1) is 3.91. The van der Waals surface area contributed by atoms with Crippen LogP contribution in [0.5, 0.6) is 0 Å². The second-order valence-electron chi connectivity index (χ2n) is 1.56. The summed E-state index contributed by atoms with van der Waals surface area (Å²) < 4.78 is 0. The van der Waals surface area contributed by atoms with E-state index >= 15 is 0 Å². The third-order valence-corrected chi connectivity index (χ3v) is 0.999. The van der Waals surface area contributed by atoms with Gasteiger partial charge in [-0.15, -0.1) is 0 Å². The molecule has 0 aromatic heterocycles. The topological polar surface area (TPSA) is 17.1 Å². The van der Waals surface area contributed by atoms with E-state index in [1.54, 1.807) is 7.28 Å². The third kappa shape index (κ3) is 0.616. The van der Waals surface area contributed by atoms with E-state index in [2.05, 4.69) is 0 Å². The van der Waals surface area contributed by atoms with Gasteiger partial charge >= 0.3 is 0 Å². The van der Waals surface area contributed by atoms with E-state index in [0.717, 1.165) is 19.2 Å². The summed E-state index contributed by atoms with van der Waals surface area (Å²) in [5.41, 5.74) is 0.329. The van der Waals surface area contributed by atoms with Gasteiger partial charge in [0.1, 0.15) is 0 Å². The van der Waals surface area contributed by atoms with E-state index in [4.69, 9.17) is 0 Å². The summed E-state index contributed by atoms with van der Waals surface area (Å²) in [4.78, 5) is 10.2. The van der Waals surface area contributed by atoms with Crippen LogP contribution < -0.4 is 0 Å². The molecular weight excluding hydrogens is 74.9 g/mol. The van der Waals surface area contributed by atoms with Gasteiger partial charge in [0.05, 0.1) is 5.68 Å². The molecule has 1 aliphatic rings. The molecule has 1 rings (SSSR count). The van der Waals surface area contributed by atoms with Gasteiger partial charge in [0, 0.05) is 0 Å². The van der Waals surface area contributed by atoms with E-state index in [0.29, 0.717) is 5.68 Å². The third-order valence-electron chi connectivity index (χ3n) is 0.999. The predicted octanol–water partition coefficient (Wildman–Crippen LogP) is 0.429. The monoisotopic (exact) mass is 81.1 g/mol. The lowest BCUT2D eigenvalue weighted by molar-refractivity contribution is -0.111. The van der Waals surface area contributed by atoms with Crippen molar-refractivity contribution in [3.63, 3.8) is 0 Å². The van der Waals surface area contributed by atoms with Crippen molar-refractivity contribution >= 4 is 13.0 Å². The standard InChI is InChI=1S/C4H6BO/c6-4-2-1-3-5-4/h1-3H2. The Morgan fingerprint density at radius 1 is 1.67 bits per heavy atom. The van der Waals surface area contributed by atoms with Crippen LogP contribution in [0.4, 0.5) is 0 Å². The van der Waals surface area contributed by atoms with Gasteiger partial charge in [-0.2, -0.15) is 0 Å². The number of hydrogen-bond donors (Lipinski definition) is 0. The average molecular weight is 80.9 g/mol. The largest absolute Gasteiger partial charge is 0.312 e. The van der Waals surface area contributed by atoms with Gasteiger partial charge < -0.3 is 4.79 Å². The van der Waals surface area contributed by atoms with E-state index in [-0.39, 0.29) is 0 Å². The minimum atomic E-state index is 0.329. The zero-order chi connectivity index (χ0) is 4.41. The molecule has 0 aromatic rings. The lowest BCUT2D eigenvalue weighted by Gasteiger charge is -1.71. The van der Waals surface area contributed by atoms with Crippen LogP contribution in [0.2, 0.25) is 6.32 Å². The maximum atomic E-state index is 10.2. The summed E-state index contributed by atoms with van der Waals surface area (Å²) in [6.07, 6.45) is 2.89. The van der Waals surface area contributed by atoms with Crippen molar-refractivity contribution in [1.82, 2.24) is 0 Å². The highest BCUT2D eigenvalue weighted by Gasteiger charge is 2.09. The van der Waals surface area contributed by atoms with Crippen molar-refractivity contribution in [2.45, 2.75) is 19.2 Å². The summed E-state index contributed by atoms with van der Waals surface area (Å²) in [7, 11) is 1.76. The second kappa shape index (κ2) is 1.46. The molecule has 0 unspecified atom stereocenters. The fourth-order valence-electron chi connectivity index (χ4n) is 0.641. The molecule has 1 aliphatic heterocycles. The van der Waals surface area contributed by atoms with Crippen LogP contribution in [0.15, 0.2) is 0 Å². The molecule has 31 valence electrons. The molecule has 0 atom stereocenters. The van der Waals surface area contributed by atoms with Gasteiger partial charge in [-0.1, -0.05) is 12.7 Å². The van der Waals surface area contributed by atoms with Crippen LogP contribution in [-0.2, 0) is 4.79 Å². The zero-order valence-corrected chi connectivity index (χ0v) is 3.61. The predicted molar refractivity (Wildman–Crippen MR) is 24.8 cm³/mol. The van der Waals surface area contributed by atoms with Gasteiger partial charge in [-0.05, 0) is 6.42 Å². The van der Waals surface area contributed by atoms with Crippen molar-refractivity contribution in [1.29, 1.82) is 0 Å². The molecule has 2 heteroatoms. The van der Waals surface area contributed by atoms with E-state index in [1.807, 2.05) is 0 Å². The van der Waals surface area contributed by atoms with E-state index < -0.39 is 0 Å².